The van der Waals surface area contributed by atoms with E-state index in [1.165, 1.54) is 12.8 Å². The van der Waals surface area contributed by atoms with Crippen LogP contribution in [0.1, 0.15) is 69.2 Å². The second kappa shape index (κ2) is 9.74. The molecule has 1 saturated heterocycles. The Kier molecular flexibility index (Phi) is 7.02. The fourth-order valence-corrected chi connectivity index (χ4v) is 5.73. The predicted molar refractivity (Wildman–Crippen MR) is 119 cm³/mol. The van der Waals surface area contributed by atoms with Crippen LogP contribution in [0.25, 0.3) is 0 Å². The van der Waals surface area contributed by atoms with E-state index < -0.39 is 5.79 Å². The molecule has 2 saturated carbocycles. The van der Waals surface area contributed by atoms with Gasteiger partial charge in [0.1, 0.15) is 6.10 Å². The van der Waals surface area contributed by atoms with Crippen molar-refractivity contribution in [3.63, 3.8) is 0 Å². The summed E-state index contributed by atoms with van der Waals surface area (Å²) < 4.78 is 17.9. The van der Waals surface area contributed by atoms with Crippen molar-refractivity contribution in [3.05, 3.63) is 47.7 Å². The number of carbonyl (C=O) groups excluding carboxylic acids is 1. The van der Waals surface area contributed by atoms with E-state index in [0.717, 1.165) is 32.1 Å². The molecule has 1 aromatic rings. The van der Waals surface area contributed by atoms with E-state index in [-0.39, 0.29) is 23.9 Å². The van der Waals surface area contributed by atoms with E-state index in [0.29, 0.717) is 36.4 Å². The first-order chi connectivity index (χ1) is 15.0. The number of esters is 1. The highest BCUT2D eigenvalue weighted by atomic mass is 16.7. The SMILES string of the molecule is CCCCC(C)C/C=C(/O)[C@@H]1[C@H]2CC3(C[C@H]2C[C@H]1OC(=O)c1ccccc1)OCCO3. The van der Waals surface area contributed by atoms with Gasteiger partial charge >= 0.3 is 5.97 Å². The molecule has 5 atom stereocenters. The van der Waals surface area contributed by atoms with Crippen LogP contribution >= 0.6 is 0 Å². The van der Waals surface area contributed by atoms with Gasteiger partial charge in [-0.15, -0.1) is 0 Å². The molecule has 1 heterocycles. The zero-order valence-corrected chi connectivity index (χ0v) is 18.8. The van der Waals surface area contributed by atoms with Crippen LogP contribution in [0.4, 0.5) is 0 Å². The molecule has 1 aromatic carbocycles. The number of fused-ring (bicyclic) bond motifs is 1. The zero-order valence-electron chi connectivity index (χ0n) is 18.8. The van der Waals surface area contributed by atoms with Gasteiger partial charge in [0.25, 0.3) is 0 Å². The summed E-state index contributed by atoms with van der Waals surface area (Å²) in [6.07, 6.45) is 8.36. The minimum absolute atomic E-state index is 0.191. The molecule has 4 rings (SSSR count). The molecule has 0 bridgehead atoms. The normalized spacial score (nSPS) is 30.5. The number of hydrogen-bond acceptors (Lipinski definition) is 5. The quantitative estimate of drug-likeness (QED) is 0.427. The van der Waals surface area contributed by atoms with E-state index in [1.54, 1.807) is 12.1 Å². The molecule has 31 heavy (non-hydrogen) atoms. The first-order valence-corrected chi connectivity index (χ1v) is 11.9. The Balaban J connectivity index is 1.49. The number of carbonyl (C=O) groups is 1. The minimum atomic E-state index is -0.503. The maximum Gasteiger partial charge on any atom is 0.338 e. The van der Waals surface area contributed by atoms with Gasteiger partial charge in [0, 0.05) is 12.8 Å². The summed E-state index contributed by atoms with van der Waals surface area (Å²) in [5, 5.41) is 11.1. The fourth-order valence-electron chi connectivity index (χ4n) is 5.73. The zero-order chi connectivity index (χ0) is 21.8. The summed E-state index contributed by atoms with van der Waals surface area (Å²) >= 11 is 0. The van der Waals surface area contributed by atoms with Crippen molar-refractivity contribution in [2.45, 2.75) is 70.7 Å². The van der Waals surface area contributed by atoms with Crippen LogP contribution in [-0.4, -0.2) is 36.2 Å². The van der Waals surface area contributed by atoms with E-state index in [4.69, 9.17) is 14.2 Å². The van der Waals surface area contributed by atoms with Crippen molar-refractivity contribution in [3.8, 4) is 0 Å². The Morgan fingerprint density at radius 3 is 2.71 bits per heavy atom. The van der Waals surface area contributed by atoms with Crippen LogP contribution < -0.4 is 0 Å². The summed E-state index contributed by atoms with van der Waals surface area (Å²) in [6.45, 7) is 5.70. The molecule has 5 nitrogen and oxygen atoms in total. The third-order valence-electron chi connectivity index (χ3n) is 7.33. The minimum Gasteiger partial charge on any atom is -0.512 e. The largest absolute Gasteiger partial charge is 0.512 e. The molecule has 5 heteroatoms. The van der Waals surface area contributed by atoms with Crippen molar-refractivity contribution < 1.29 is 24.1 Å². The van der Waals surface area contributed by atoms with Gasteiger partial charge in [-0.1, -0.05) is 51.3 Å². The third kappa shape index (κ3) is 4.98. The summed E-state index contributed by atoms with van der Waals surface area (Å²) in [7, 11) is 0. The van der Waals surface area contributed by atoms with Crippen LogP contribution in [0.3, 0.4) is 0 Å². The molecule has 0 aromatic heterocycles. The average molecular weight is 429 g/mol. The van der Waals surface area contributed by atoms with Crippen molar-refractivity contribution in [2.24, 2.45) is 23.7 Å². The lowest BCUT2D eigenvalue weighted by molar-refractivity contribution is -0.158. The van der Waals surface area contributed by atoms with Gasteiger partial charge in [-0.25, -0.2) is 4.79 Å². The third-order valence-corrected chi connectivity index (χ3v) is 7.33. The van der Waals surface area contributed by atoms with E-state index in [2.05, 4.69) is 13.8 Å². The molecule has 0 radical (unpaired) electrons. The highest BCUT2D eigenvalue weighted by Crippen LogP contribution is 2.56. The lowest BCUT2D eigenvalue weighted by Crippen LogP contribution is -2.32. The molecule has 170 valence electrons. The van der Waals surface area contributed by atoms with Crippen LogP contribution in [0, 0.1) is 23.7 Å². The van der Waals surface area contributed by atoms with Gasteiger partial charge in [0.2, 0.25) is 0 Å². The summed E-state index contributed by atoms with van der Waals surface area (Å²) in [4.78, 5) is 12.7. The number of aliphatic hydroxyl groups is 1. The van der Waals surface area contributed by atoms with E-state index in [9.17, 15) is 9.90 Å². The second-order valence-electron chi connectivity index (χ2n) is 9.62. The number of allylic oxidation sites excluding steroid dienone is 1. The van der Waals surface area contributed by atoms with Crippen molar-refractivity contribution in [1.82, 2.24) is 0 Å². The van der Waals surface area contributed by atoms with Gasteiger partial charge in [-0.05, 0) is 48.8 Å². The number of hydrogen-bond donors (Lipinski definition) is 1. The Bertz CT molecular complexity index is 767. The maximum atomic E-state index is 12.7. The molecule has 1 aliphatic heterocycles. The Morgan fingerprint density at radius 1 is 1.26 bits per heavy atom. The first kappa shape index (κ1) is 22.3. The molecule has 3 aliphatic rings. The standard InChI is InChI=1S/C26H36O5/c1-3-4-8-18(2)11-12-22(27)24-21-17-26(29-13-14-30-26)16-20(21)15-23(24)31-25(28)19-9-6-5-7-10-19/h5-7,9-10,12,18,20-21,23-24,27H,3-4,8,11,13-17H2,1-2H3/b22-12+/t18?,20-,21+,23-,24+/m1/s1. The fraction of sp³-hybridized carbons (Fsp3) is 0.654. The van der Waals surface area contributed by atoms with Gasteiger partial charge in [-0.3, -0.25) is 0 Å². The number of ether oxygens (including phenoxy) is 3. The van der Waals surface area contributed by atoms with Gasteiger partial charge in [-0.2, -0.15) is 0 Å². The maximum absolute atomic E-state index is 12.7. The number of unbranched alkanes of at least 4 members (excludes halogenated alkanes) is 1. The molecule has 3 fully saturated rings. The van der Waals surface area contributed by atoms with E-state index in [1.807, 2.05) is 24.3 Å². The number of aliphatic hydroxyl groups excluding tert-OH is 1. The molecule has 1 unspecified atom stereocenters. The monoisotopic (exact) mass is 428 g/mol. The molecular weight excluding hydrogens is 392 g/mol. The average Bonchev–Trinajstić information content (AvgIpc) is 3.46. The predicted octanol–water partition coefficient (Wildman–Crippen LogP) is 5.66. The summed E-state index contributed by atoms with van der Waals surface area (Å²) in [5.74, 6) is 0.416. The van der Waals surface area contributed by atoms with Gasteiger partial charge in [0.05, 0.1) is 30.5 Å². The van der Waals surface area contributed by atoms with Crippen LogP contribution in [0.5, 0.6) is 0 Å². The Morgan fingerprint density at radius 2 is 2.00 bits per heavy atom. The lowest BCUT2D eigenvalue weighted by Gasteiger charge is -2.28. The summed E-state index contributed by atoms with van der Waals surface area (Å²) in [5.41, 5.74) is 0.550. The van der Waals surface area contributed by atoms with Gasteiger partial charge < -0.3 is 19.3 Å². The highest BCUT2D eigenvalue weighted by Gasteiger charge is 2.58. The van der Waals surface area contributed by atoms with Gasteiger partial charge in [0.15, 0.2) is 5.79 Å². The van der Waals surface area contributed by atoms with Crippen LogP contribution in [-0.2, 0) is 14.2 Å². The van der Waals surface area contributed by atoms with Crippen LogP contribution in [0.15, 0.2) is 42.2 Å². The topological polar surface area (TPSA) is 65.0 Å². The lowest BCUT2D eigenvalue weighted by atomic mass is 9.88. The molecule has 0 amide bonds. The Labute approximate surface area is 185 Å². The number of rotatable bonds is 8. The van der Waals surface area contributed by atoms with Crippen LogP contribution in [0.2, 0.25) is 0 Å². The number of benzene rings is 1. The molecule has 1 N–H and O–H groups in total. The van der Waals surface area contributed by atoms with E-state index >= 15 is 0 Å². The smallest absolute Gasteiger partial charge is 0.338 e. The van der Waals surface area contributed by atoms with Crippen molar-refractivity contribution >= 4 is 5.97 Å². The Hall–Kier alpha value is -1.85. The second-order valence-corrected chi connectivity index (χ2v) is 9.62. The molecular formula is C26H36O5. The van der Waals surface area contributed by atoms with Crippen molar-refractivity contribution in [2.75, 3.05) is 13.2 Å². The molecule has 2 aliphatic carbocycles. The highest BCUT2D eigenvalue weighted by molar-refractivity contribution is 5.89. The summed E-state index contributed by atoms with van der Waals surface area (Å²) in [6, 6.07) is 9.10. The first-order valence-electron chi connectivity index (χ1n) is 11.9. The van der Waals surface area contributed by atoms with Crippen molar-refractivity contribution in [1.29, 1.82) is 0 Å². The molecule has 1 spiro atoms.